The fourth-order valence-electron chi connectivity index (χ4n) is 3.78. The van der Waals surface area contributed by atoms with Crippen molar-refractivity contribution < 1.29 is 9.13 Å². The van der Waals surface area contributed by atoms with Crippen LogP contribution in [0.2, 0.25) is 0 Å². The molecule has 3 heteroatoms. The van der Waals surface area contributed by atoms with Gasteiger partial charge in [0.05, 0.1) is 5.60 Å². The molecule has 2 heterocycles. The van der Waals surface area contributed by atoms with E-state index in [4.69, 9.17) is 4.74 Å². The Labute approximate surface area is 130 Å². The van der Waals surface area contributed by atoms with Crippen LogP contribution in [0.25, 0.3) is 0 Å². The fraction of sp³-hybridized carbons (Fsp3) is 0.368. The summed E-state index contributed by atoms with van der Waals surface area (Å²) in [4.78, 5) is 2.34. The number of piperidine rings is 1. The summed E-state index contributed by atoms with van der Waals surface area (Å²) >= 11 is 0. The van der Waals surface area contributed by atoms with Crippen LogP contribution < -0.4 is 0 Å². The van der Waals surface area contributed by atoms with E-state index < -0.39 is 0 Å². The molecule has 2 aliphatic rings. The van der Waals surface area contributed by atoms with Crippen molar-refractivity contribution in [2.75, 3.05) is 20.1 Å². The minimum atomic E-state index is -0.208. The van der Waals surface area contributed by atoms with E-state index >= 15 is 0 Å². The minimum absolute atomic E-state index is 0.157. The number of nitrogens with zero attached hydrogens (tertiary/aromatic N) is 1. The monoisotopic (exact) mass is 297 g/mol. The number of ether oxygens (including phenoxy) is 1. The highest BCUT2D eigenvalue weighted by Crippen LogP contribution is 2.51. The average molecular weight is 297 g/mol. The smallest absolute Gasteiger partial charge is 0.123 e. The molecule has 0 aromatic heterocycles. The third-order valence-electron chi connectivity index (χ3n) is 5.02. The quantitative estimate of drug-likeness (QED) is 0.792. The largest absolute Gasteiger partial charge is 0.358 e. The maximum Gasteiger partial charge on any atom is 0.123 e. The molecule has 0 aliphatic carbocycles. The molecule has 2 aromatic rings. The molecule has 0 saturated carbocycles. The van der Waals surface area contributed by atoms with E-state index in [1.807, 2.05) is 12.1 Å². The van der Waals surface area contributed by atoms with Crippen molar-refractivity contribution in [2.45, 2.75) is 24.5 Å². The molecule has 2 aromatic carbocycles. The summed E-state index contributed by atoms with van der Waals surface area (Å²) in [7, 11) is 2.15. The molecule has 114 valence electrons. The number of fused-ring (bicyclic) bond motifs is 2. The van der Waals surface area contributed by atoms with Gasteiger partial charge in [-0.1, -0.05) is 36.4 Å². The van der Waals surface area contributed by atoms with Crippen molar-refractivity contribution in [2.24, 2.45) is 0 Å². The first-order valence-electron chi connectivity index (χ1n) is 7.89. The SMILES string of the molecule is CN1CCC2(CC1)O[C@@H](c1cccc(F)c1)c1ccccc12. The van der Waals surface area contributed by atoms with E-state index in [0.717, 1.165) is 31.5 Å². The number of likely N-dealkylation sites (tertiary alicyclic amines) is 1. The van der Waals surface area contributed by atoms with Crippen molar-refractivity contribution in [3.05, 3.63) is 71.0 Å². The standard InChI is InChI=1S/C19H20FNO/c1-21-11-9-19(10-12-21)17-8-3-2-7-16(17)18(22-19)14-5-4-6-15(20)13-14/h2-8,13,18H,9-12H2,1H3/t18-/m0/s1. The van der Waals surface area contributed by atoms with Gasteiger partial charge in [-0.05, 0) is 48.7 Å². The molecular formula is C19H20FNO. The van der Waals surface area contributed by atoms with Crippen LogP contribution in [0.3, 0.4) is 0 Å². The van der Waals surface area contributed by atoms with Crippen molar-refractivity contribution >= 4 is 0 Å². The predicted octanol–water partition coefficient (Wildman–Crippen LogP) is 3.87. The van der Waals surface area contributed by atoms with Gasteiger partial charge in [0, 0.05) is 13.1 Å². The van der Waals surface area contributed by atoms with Gasteiger partial charge in [0.2, 0.25) is 0 Å². The first-order valence-corrected chi connectivity index (χ1v) is 7.89. The van der Waals surface area contributed by atoms with Gasteiger partial charge in [-0.3, -0.25) is 0 Å². The second-order valence-electron chi connectivity index (χ2n) is 6.44. The van der Waals surface area contributed by atoms with Crippen LogP contribution >= 0.6 is 0 Å². The Kier molecular flexibility index (Phi) is 3.28. The Bertz CT molecular complexity index is 691. The number of benzene rings is 2. The summed E-state index contributed by atoms with van der Waals surface area (Å²) in [5.74, 6) is -0.206. The van der Waals surface area contributed by atoms with Gasteiger partial charge in [0.15, 0.2) is 0 Å². The number of hydrogen-bond acceptors (Lipinski definition) is 2. The van der Waals surface area contributed by atoms with E-state index in [0.29, 0.717) is 0 Å². The zero-order valence-corrected chi connectivity index (χ0v) is 12.8. The molecule has 22 heavy (non-hydrogen) atoms. The molecular weight excluding hydrogens is 277 g/mol. The van der Waals surface area contributed by atoms with Crippen LogP contribution in [0.4, 0.5) is 4.39 Å². The lowest BCUT2D eigenvalue weighted by Crippen LogP contribution is -2.40. The van der Waals surface area contributed by atoms with Crippen molar-refractivity contribution in [1.29, 1.82) is 0 Å². The number of hydrogen-bond donors (Lipinski definition) is 0. The van der Waals surface area contributed by atoms with E-state index in [1.54, 1.807) is 12.1 Å². The number of rotatable bonds is 1. The van der Waals surface area contributed by atoms with Gasteiger partial charge in [0.1, 0.15) is 11.9 Å². The van der Waals surface area contributed by atoms with Gasteiger partial charge in [0.25, 0.3) is 0 Å². The van der Waals surface area contributed by atoms with Crippen molar-refractivity contribution in [3.63, 3.8) is 0 Å². The first kappa shape index (κ1) is 13.9. The third kappa shape index (κ3) is 2.16. The van der Waals surface area contributed by atoms with E-state index in [2.05, 4.69) is 30.1 Å². The summed E-state index contributed by atoms with van der Waals surface area (Å²) in [5.41, 5.74) is 3.18. The molecule has 0 N–H and O–H groups in total. The zero-order valence-electron chi connectivity index (χ0n) is 12.8. The Morgan fingerprint density at radius 1 is 1.09 bits per heavy atom. The van der Waals surface area contributed by atoms with E-state index in [1.165, 1.54) is 17.2 Å². The van der Waals surface area contributed by atoms with Crippen molar-refractivity contribution in [3.8, 4) is 0 Å². The normalized spacial score (nSPS) is 23.6. The molecule has 2 aliphatic heterocycles. The lowest BCUT2D eigenvalue weighted by Gasteiger charge is -2.38. The topological polar surface area (TPSA) is 12.5 Å². The Hall–Kier alpha value is -1.71. The highest BCUT2D eigenvalue weighted by molar-refractivity contribution is 5.43. The van der Waals surface area contributed by atoms with Gasteiger partial charge in [-0.15, -0.1) is 0 Å². The van der Waals surface area contributed by atoms with Gasteiger partial charge < -0.3 is 9.64 Å². The van der Waals surface area contributed by atoms with Gasteiger partial charge >= 0.3 is 0 Å². The fourth-order valence-corrected chi connectivity index (χ4v) is 3.78. The highest BCUT2D eigenvalue weighted by Gasteiger charge is 2.46. The molecule has 0 amide bonds. The lowest BCUT2D eigenvalue weighted by molar-refractivity contribution is -0.0941. The van der Waals surface area contributed by atoms with Gasteiger partial charge in [-0.2, -0.15) is 0 Å². The summed E-state index contributed by atoms with van der Waals surface area (Å²) in [6.07, 6.45) is 1.83. The first-order chi connectivity index (χ1) is 10.7. The van der Waals surface area contributed by atoms with Crippen LogP contribution in [0.5, 0.6) is 0 Å². The van der Waals surface area contributed by atoms with E-state index in [-0.39, 0.29) is 17.5 Å². The van der Waals surface area contributed by atoms with E-state index in [9.17, 15) is 4.39 Å². The molecule has 0 unspecified atom stereocenters. The molecule has 0 radical (unpaired) electrons. The van der Waals surface area contributed by atoms with Crippen LogP contribution in [0.15, 0.2) is 48.5 Å². The average Bonchev–Trinajstić information content (AvgIpc) is 2.86. The number of halogens is 1. The zero-order chi connectivity index (χ0) is 15.2. The Morgan fingerprint density at radius 2 is 1.86 bits per heavy atom. The molecule has 1 saturated heterocycles. The lowest BCUT2D eigenvalue weighted by atomic mass is 9.83. The minimum Gasteiger partial charge on any atom is -0.358 e. The van der Waals surface area contributed by atoms with Crippen molar-refractivity contribution in [1.82, 2.24) is 4.90 Å². The molecule has 0 bridgehead atoms. The second kappa shape index (κ2) is 5.18. The maximum atomic E-state index is 13.6. The van der Waals surface area contributed by atoms with Crippen LogP contribution in [-0.4, -0.2) is 25.0 Å². The summed E-state index contributed by atoms with van der Waals surface area (Å²) in [5, 5.41) is 0. The van der Waals surface area contributed by atoms with Crippen LogP contribution in [0, 0.1) is 5.82 Å². The Morgan fingerprint density at radius 3 is 2.64 bits per heavy atom. The summed E-state index contributed by atoms with van der Waals surface area (Å²) < 4.78 is 20.2. The molecule has 2 nitrogen and oxygen atoms in total. The summed E-state index contributed by atoms with van der Waals surface area (Å²) in [6.45, 7) is 2.06. The molecule has 1 atom stereocenters. The summed E-state index contributed by atoms with van der Waals surface area (Å²) in [6, 6.07) is 15.2. The molecule has 4 rings (SSSR count). The second-order valence-corrected chi connectivity index (χ2v) is 6.44. The van der Waals surface area contributed by atoms with Crippen LogP contribution in [-0.2, 0) is 10.3 Å². The van der Waals surface area contributed by atoms with Crippen LogP contribution in [0.1, 0.15) is 35.6 Å². The highest BCUT2D eigenvalue weighted by atomic mass is 19.1. The van der Waals surface area contributed by atoms with Gasteiger partial charge in [-0.25, -0.2) is 4.39 Å². The Balaban J connectivity index is 1.77. The third-order valence-corrected chi connectivity index (χ3v) is 5.02. The molecule has 1 fully saturated rings. The maximum absolute atomic E-state index is 13.6. The predicted molar refractivity (Wildman–Crippen MR) is 84.2 cm³/mol. The molecule has 1 spiro atoms.